The van der Waals surface area contributed by atoms with E-state index in [9.17, 15) is 14.4 Å². The Morgan fingerprint density at radius 2 is 1.87 bits per heavy atom. The number of amides is 2. The highest BCUT2D eigenvalue weighted by Crippen LogP contribution is 1.77. The van der Waals surface area contributed by atoms with E-state index < -0.39 is 11.9 Å². The number of nitrogens with one attached hydrogen (secondary N) is 2. The van der Waals surface area contributed by atoms with E-state index in [4.69, 9.17) is 5.11 Å². The zero-order valence-corrected chi connectivity index (χ0v) is 8.61. The molecule has 15 heavy (non-hydrogen) atoms. The van der Waals surface area contributed by atoms with Crippen molar-refractivity contribution in [3.63, 3.8) is 0 Å². The Morgan fingerprint density at radius 3 is 2.33 bits per heavy atom. The van der Waals surface area contributed by atoms with Crippen molar-refractivity contribution in [2.45, 2.75) is 19.9 Å². The van der Waals surface area contributed by atoms with E-state index in [0.717, 1.165) is 6.08 Å². The van der Waals surface area contributed by atoms with Crippen LogP contribution in [-0.2, 0) is 14.4 Å². The first-order chi connectivity index (χ1) is 6.91. The molecule has 0 fully saturated rings. The Hall–Kier alpha value is -1.85. The van der Waals surface area contributed by atoms with Crippen LogP contribution < -0.4 is 10.6 Å². The maximum absolute atomic E-state index is 11.0. The van der Waals surface area contributed by atoms with Crippen molar-refractivity contribution in [1.29, 1.82) is 0 Å². The molecule has 0 bridgehead atoms. The van der Waals surface area contributed by atoms with E-state index >= 15 is 0 Å². The van der Waals surface area contributed by atoms with Gasteiger partial charge in [0.1, 0.15) is 0 Å². The molecule has 0 unspecified atom stereocenters. The fourth-order valence-electron chi connectivity index (χ4n) is 0.746. The maximum atomic E-state index is 11.0. The monoisotopic (exact) mass is 214 g/mol. The molecule has 0 spiro atoms. The van der Waals surface area contributed by atoms with Crippen molar-refractivity contribution in [2.24, 2.45) is 0 Å². The fourth-order valence-corrected chi connectivity index (χ4v) is 0.746. The topological polar surface area (TPSA) is 95.5 Å². The number of carbonyl (C=O) groups excluding carboxylic acids is 2. The molecule has 0 saturated heterocycles. The number of carboxylic acids is 1. The van der Waals surface area contributed by atoms with Gasteiger partial charge < -0.3 is 15.7 Å². The lowest BCUT2D eigenvalue weighted by Crippen LogP contribution is -2.39. The van der Waals surface area contributed by atoms with E-state index in [0.29, 0.717) is 6.08 Å². The molecule has 84 valence electrons. The summed E-state index contributed by atoms with van der Waals surface area (Å²) in [6.07, 6.45) is 1.56. The molecule has 3 N–H and O–H groups in total. The molecule has 0 atom stereocenters. The predicted octanol–water partition coefficient (Wildman–Crippen LogP) is -0.732. The van der Waals surface area contributed by atoms with Crippen LogP contribution in [-0.4, -0.2) is 35.5 Å². The predicted molar refractivity (Wildman–Crippen MR) is 53.1 cm³/mol. The summed E-state index contributed by atoms with van der Waals surface area (Å²) in [5, 5.41) is 13.0. The van der Waals surface area contributed by atoms with Crippen LogP contribution in [0.5, 0.6) is 0 Å². The third-order valence-electron chi connectivity index (χ3n) is 1.25. The average molecular weight is 214 g/mol. The smallest absolute Gasteiger partial charge is 0.328 e. The minimum atomic E-state index is -1.21. The third kappa shape index (κ3) is 8.48. The van der Waals surface area contributed by atoms with Crippen LogP contribution in [0, 0.1) is 0 Å². The minimum Gasteiger partial charge on any atom is -0.478 e. The van der Waals surface area contributed by atoms with Gasteiger partial charge >= 0.3 is 5.97 Å². The lowest BCUT2D eigenvalue weighted by atomic mass is 10.4. The van der Waals surface area contributed by atoms with Gasteiger partial charge in [-0.3, -0.25) is 9.59 Å². The van der Waals surface area contributed by atoms with Crippen LogP contribution in [0.4, 0.5) is 0 Å². The Labute approximate surface area is 87.3 Å². The van der Waals surface area contributed by atoms with Crippen molar-refractivity contribution in [2.75, 3.05) is 6.54 Å². The van der Waals surface area contributed by atoms with Crippen molar-refractivity contribution in [1.82, 2.24) is 10.6 Å². The van der Waals surface area contributed by atoms with E-state index in [1.54, 1.807) is 13.8 Å². The summed E-state index contributed by atoms with van der Waals surface area (Å²) in [5.74, 6) is -2.14. The highest BCUT2D eigenvalue weighted by atomic mass is 16.4. The molecule has 2 amide bonds. The maximum Gasteiger partial charge on any atom is 0.328 e. The molecule has 0 aromatic rings. The molecule has 0 aliphatic carbocycles. The Morgan fingerprint density at radius 1 is 1.27 bits per heavy atom. The van der Waals surface area contributed by atoms with Crippen LogP contribution >= 0.6 is 0 Å². The SMILES string of the molecule is CC(C)NC(=O)CNC(=O)/C=C/C(=O)O. The van der Waals surface area contributed by atoms with Crippen molar-refractivity contribution in [3.05, 3.63) is 12.2 Å². The highest BCUT2D eigenvalue weighted by molar-refractivity contribution is 5.95. The van der Waals surface area contributed by atoms with Gasteiger partial charge in [0, 0.05) is 18.2 Å². The molecular formula is C9H14N2O4. The summed E-state index contributed by atoms with van der Waals surface area (Å²) >= 11 is 0. The lowest BCUT2D eigenvalue weighted by molar-refractivity contribution is -0.131. The van der Waals surface area contributed by atoms with Crippen LogP contribution in [0.2, 0.25) is 0 Å². The zero-order valence-electron chi connectivity index (χ0n) is 8.61. The van der Waals surface area contributed by atoms with E-state index in [1.807, 2.05) is 0 Å². The molecule has 0 rings (SSSR count). The first kappa shape index (κ1) is 13.2. The highest BCUT2D eigenvalue weighted by Gasteiger charge is 2.04. The molecule has 0 heterocycles. The van der Waals surface area contributed by atoms with E-state index in [2.05, 4.69) is 10.6 Å². The summed E-state index contributed by atoms with van der Waals surface area (Å²) in [7, 11) is 0. The molecule has 6 heteroatoms. The van der Waals surface area contributed by atoms with Gasteiger partial charge in [-0.2, -0.15) is 0 Å². The van der Waals surface area contributed by atoms with Gasteiger partial charge in [-0.1, -0.05) is 0 Å². The van der Waals surface area contributed by atoms with Crippen LogP contribution in [0.3, 0.4) is 0 Å². The summed E-state index contributed by atoms with van der Waals surface area (Å²) in [5.41, 5.74) is 0. The second-order valence-electron chi connectivity index (χ2n) is 3.11. The van der Waals surface area contributed by atoms with Crippen LogP contribution in [0.25, 0.3) is 0 Å². The molecule has 0 aromatic heterocycles. The number of carbonyl (C=O) groups is 3. The average Bonchev–Trinajstić information content (AvgIpc) is 2.10. The largest absolute Gasteiger partial charge is 0.478 e. The van der Waals surface area contributed by atoms with Crippen molar-refractivity contribution < 1.29 is 19.5 Å². The second-order valence-corrected chi connectivity index (χ2v) is 3.11. The summed E-state index contributed by atoms with van der Waals surface area (Å²) < 4.78 is 0. The van der Waals surface area contributed by atoms with Crippen LogP contribution in [0.1, 0.15) is 13.8 Å². The van der Waals surface area contributed by atoms with Crippen LogP contribution in [0.15, 0.2) is 12.2 Å². The number of hydrogen-bond acceptors (Lipinski definition) is 3. The molecular weight excluding hydrogens is 200 g/mol. The molecule has 0 saturated carbocycles. The van der Waals surface area contributed by atoms with Gasteiger partial charge in [-0.25, -0.2) is 4.79 Å². The van der Waals surface area contributed by atoms with E-state index in [1.165, 1.54) is 0 Å². The van der Waals surface area contributed by atoms with Gasteiger partial charge in [0.25, 0.3) is 0 Å². The normalized spacial score (nSPS) is 10.3. The van der Waals surface area contributed by atoms with Crippen molar-refractivity contribution >= 4 is 17.8 Å². The van der Waals surface area contributed by atoms with E-state index in [-0.39, 0.29) is 18.5 Å². The van der Waals surface area contributed by atoms with Gasteiger partial charge in [0.15, 0.2) is 0 Å². The Balaban J connectivity index is 3.81. The standard InChI is InChI=1S/C9H14N2O4/c1-6(2)11-8(13)5-10-7(12)3-4-9(14)15/h3-4,6H,5H2,1-2H3,(H,10,12)(H,11,13)(H,14,15)/b4-3+. The third-order valence-corrected chi connectivity index (χ3v) is 1.25. The molecule has 6 nitrogen and oxygen atoms in total. The summed E-state index contributed by atoms with van der Waals surface area (Å²) in [6.45, 7) is 3.43. The number of hydrogen-bond donors (Lipinski definition) is 3. The van der Waals surface area contributed by atoms with Gasteiger partial charge in [-0.05, 0) is 13.8 Å². The quantitative estimate of drug-likeness (QED) is 0.526. The first-order valence-corrected chi connectivity index (χ1v) is 4.40. The summed E-state index contributed by atoms with van der Waals surface area (Å²) in [6, 6.07) is 0.00367. The Bertz CT molecular complexity index is 284. The zero-order chi connectivity index (χ0) is 11.8. The lowest BCUT2D eigenvalue weighted by Gasteiger charge is -2.07. The summed E-state index contributed by atoms with van der Waals surface area (Å²) in [4.78, 5) is 32.0. The molecule has 0 radical (unpaired) electrons. The first-order valence-electron chi connectivity index (χ1n) is 4.40. The molecule has 0 aliphatic rings. The molecule has 0 aromatic carbocycles. The number of rotatable bonds is 5. The van der Waals surface area contributed by atoms with Gasteiger partial charge in [0.05, 0.1) is 6.54 Å². The molecule has 0 aliphatic heterocycles. The second kappa shape index (κ2) is 6.58. The minimum absolute atomic E-state index is 0.00367. The fraction of sp³-hybridized carbons (Fsp3) is 0.444. The number of aliphatic carboxylic acids is 1. The Kier molecular flexibility index (Phi) is 5.77. The van der Waals surface area contributed by atoms with Gasteiger partial charge in [-0.15, -0.1) is 0 Å². The van der Waals surface area contributed by atoms with Gasteiger partial charge in [0.2, 0.25) is 11.8 Å². The number of carboxylic acid groups (broad SMARTS) is 1. The van der Waals surface area contributed by atoms with Crippen molar-refractivity contribution in [3.8, 4) is 0 Å².